The Balaban J connectivity index is 1.99. The van der Waals surface area contributed by atoms with Crippen molar-refractivity contribution in [3.8, 4) is 0 Å². The number of rotatable bonds is 5. The van der Waals surface area contributed by atoms with E-state index in [-0.39, 0.29) is 28.6 Å². The molecule has 0 unspecified atom stereocenters. The molecule has 29 heavy (non-hydrogen) atoms. The van der Waals surface area contributed by atoms with Crippen LogP contribution in [-0.2, 0) is 24.8 Å². The first-order valence-electron chi connectivity index (χ1n) is 9.31. The fourth-order valence-corrected chi connectivity index (χ4v) is 6.61. The molecule has 0 atom stereocenters. The summed E-state index contributed by atoms with van der Waals surface area (Å²) in [6.07, 6.45) is 0. The van der Waals surface area contributed by atoms with E-state index in [9.17, 15) is 16.8 Å². The average Bonchev–Trinajstić information content (AvgIpc) is 2.62. The molecular weight excluding hydrogens is 412 g/mol. The van der Waals surface area contributed by atoms with Crippen molar-refractivity contribution in [3.05, 3.63) is 52.6 Å². The summed E-state index contributed by atoms with van der Waals surface area (Å²) in [5.41, 5.74) is 3.15. The van der Waals surface area contributed by atoms with Crippen LogP contribution in [0.1, 0.15) is 22.3 Å². The molecule has 158 valence electrons. The molecule has 0 aromatic heterocycles. The van der Waals surface area contributed by atoms with Gasteiger partial charge in [0.05, 0.1) is 28.7 Å². The maximum absolute atomic E-state index is 13.1. The summed E-state index contributed by atoms with van der Waals surface area (Å²) in [7, 11) is -7.60. The fraction of sp³-hybridized carbons (Fsp3) is 0.400. The van der Waals surface area contributed by atoms with Gasteiger partial charge in [0.15, 0.2) is 0 Å². The number of nitrogens with one attached hydrogen (secondary N) is 1. The van der Waals surface area contributed by atoms with Gasteiger partial charge in [-0.25, -0.2) is 16.8 Å². The fourth-order valence-electron chi connectivity index (χ4n) is 3.59. The first kappa shape index (κ1) is 21.8. The van der Waals surface area contributed by atoms with E-state index in [1.165, 1.54) is 16.4 Å². The third kappa shape index (κ3) is 4.48. The standard InChI is InChI=1S/C20H26N2O5S2/c1-14-11-16(3)20(17(4)12-14)28(23,24)21-19-13-18(6-5-15(19)2)29(25,26)22-7-9-27-10-8-22/h5-6,11-13,21H,7-10H2,1-4H3. The van der Waals surface area contributed by atoms with Gasteiger partial charge in [0.2, 0.25) is 10.0 Å². The molecule has 0 saturated carbocycles. The predicted molar refractivity (Wildman–Crippen MR) is 112 cm³/mol. The maximum Gasteiger partial charge on any atom is 0.262 e. The summed E-state index contributed by atoms with van der Waals surface area (Å²) in [4.78, 5) is 0.268. The quantitative estimate of drug-likeness (QED) is 0.775. The van der Waals surface area contributed by atoms with Crippen molar-refractivity contribution in [1.82, 2.24) is 4.31 Å². The first-order chi connectivity index (χ1) is 13.5. The van der Waals surface area contributed by atoms with Gasteiger partial charge in [-0.15, -0.1) is 0 Å². The molecular formula is C20H26N2O5S2. The Bertz CT molecular complexity index is 1110. The van der Waals surface area contributed by atoms with Crippen molar-refractivity contribution in [2.24, 2.45) is 0 Å². The van der Waals surface area contributed by atoms with Gasteiger partial charge >= 0.3 is 0 Å². The number of ether oxygens (including phenoxy) is 1. The summed E-state index contributed by atoms with van der Waals surface area (Å²) in [6.45, 7) is 8.39. The molecule has 0 radical (unpaired) electrons. The van der Waals surface area contributed by atoms with E-state index in [1.54, 1.807) is 26.8 Å². The third-order valence-corrected chi connectivity index (χ3v) is 8.50. The SMILES string of the molecule is Cc1cc(C)c(S(=O)(=O)Nc2cc(S(=O)(=O)N3CCOCC3)ccc2C)c(C)c1. The zero-order chi connectivity index (χ0) is 21.4. The van der Waals surface area contributed by atoms with Crippen LogP contribution in [0.15, 0.2) is 40.1 Å². The molecule has 2 aromatic rings. The van der Waals surface area contributed by atoms with Gasteiger partial charge in [-0.3, -0.25) is 4.72 Å². The molecule has 1 aliphatic rings. The third-order valence-electron chi connectivity index (χ3n) is 4.93. The molecule has 1 heterocycles. The van der Waals surface area contributed by atoms with Gasteiger partial charge in [-0.2, -0.15) is 4.31 Å². The number of morpholine rings is 1. The minimum atomic E-state index is -3.88. The molecule has 1 saturated heterocycles. The van der Waals surface area contributed by atoms with Crippen LogP contribution < -0.4 is 4.72 Å². The molecule has 3 rings (SSSR count). The Morgan fingerprint density at radius 2 is 1.45 bits per heavy atom. The van der Waals surface area contributed by atoms with Gasteiger partial charge in [-0.1, -0.05) is 23.8 Å². The largest absolute Gasteiger partial charge is 0.379 e. The van der Waals surface area contributed by atoms with Crippen LogP contribution in [-0.4, -0.2) is 47.4 Å². The summed E-state index contributed by atoms with van der Waals surface area (Å²) in [6, 6.07) is 8.12. The Morgan fingerprint density at radius 3 is 2.03 bits per heavy atom. The molecule has 9 heteroatoms. The highest BCUT2D eigenvalue weighted by Crippen LogP contribution is 2.28. The number of nitrogens with zero attached hydrogens (tertiary/aromatic N) is 1. The van der Waals surface area contributed by atoms with Crippen LogP contribution in [0.5, 0.6) is 0 Å². The van der Waals surface area contributed by atoms with Crippen molar-refractivity contribution in [2.45, 2.75) is 37.5 Å². The summed E-state index contributed by atoms with van der Waals surface area (Å²) in [5.74, 6) is 0. The minimum absolute atomic E-state index is 0.0556. The zero-order valence-corrected chi connectivity index (χ0v) is 18.7. The van der Waals surface area contributed by atoms with Gasteiger partial charge in [0.1, 0.15) is 0 Å². The lowest BCUT2D eigenvalue weighted by Crippen LogP contribution is -2.40. The van der Waals surface area contributed by atoms with E-state index < -0.39 is 20.0 Å². The normalized spacial score (nSPS) is 16.0. The van der Waals surface area contributed by atoms with Crippen molar-refractivity contribution < 1.29 is 21.6 Å². The highest BCUT2D eigenvalue weighted by atomic mass is 32.2. The van der Waals surface area contributed by atoms with Gasteiger partial charge in [0.25, 0.3) is 10.0 Å². The molecule has 0 bridgehead atoms. The van der Waals surface area contributed by atoms with Crippen molar-refractivity contribution in [2.75, 3.05) is 31.0 Å². The maximum atomic E-state index is 13.1. The van der Waals surface area contributed by atoms with Crippen molar-refractivity contribution in [3.63, 3.8) is 0 Å². The monoisotopic (exact) mass is 438 g/mol. The smallest absolute Gasteiger partial charge is 0.262 e. The molecule has 1 N–H and O–H groups in total. The van der Waals surface area contributed by atoms with Crippen LogP contribution in [0.25, 0.3) is 0 Å². The first-order valence-corrected chi connectivity index (χ1v) is 12.2. The van der Waals surface area contributed by atoms with E-state index in [0.29, 0.717) is 29.9 Å². The molecule has 0 amide bonds. The molecule has 2 aromatic carbocycles. The molecule has 0 aliphatic carbocycles. The van der Waals surface area contributed by atoms with Crippen molar-refractivity contribution >= 4 is 25.7 Å². The van der Waals surface area contributed by atoms with Crippen molar-refractivity contribution in [1.29, 1.82) is 0 Å². The minimum Gasteiger partial charge on any atom is -0.379 e. The number of hydrogen-bond donors (Lipinski definition) is 1. The highest BCUT2D eigenvalue weighted by Gasteiger charge is 2.28. The zero-order valence-electron chi connectivity index (χ0n) is 17.0. The van der Waals surface area contributed by atoms with Gasteiger partial charge in [-0.05, 0) is 56.5 Å². The second-order valence-electron chi connectivity index (χ2n) is 7.33. The van der Waals surface area contributed by atoms with E-state index in [1.807, 2.05) is 19.1 Å². The lowest BCUT2D eigenvalue weighted by Gasteiger charge is -2.26. The number of aryl methyl sites for hydroxylation is 4. The number of anilines is 1. The van der Waals surface area contributed by atoms with E-state index in [2.05, 4.69) is 4.72 Å². The van der Waals surface area contributed by atoms with Gasteiger partial charge < -0.3 is 4.74 Å². The topological polar surface area (TPSA) is 92.8 Å². The molecule has 1 aliphatic heterocycles. The van der Waals surface area contributed by atoms with E-state index in [0.717, 1.165) is 5.56 Å². The lowest BCUT2D eigenvalue weighted by atomic mass is 10.1. The summed E-state index contributed by atoms with van der Waals surface area (Å²) >= 11 is 0. The number of sulfonamides is 2. The molecule has 7 nitrogen and oxygen atoms in total. The van der Waals surface area contributed by atoms with Crippen LogP contribution >= 0.6 is 0 Å². The lowest BCUT2D eigenvalue weighted by molar-refractivity contribution is 0.0730. The summed E-state index contributed by atoms with van der Waals surface area (Å²) < 4.78 is 61.2. The Labute approximate surface area is 172 Å². The average molecular weight is 439 g/mol. The Kier molecular flexibility index (Phi) is 6.05. The van der Waals surface area contributed by atoms with Crippen LogP contribution in [0.2, 0.25) is 0 Å². The number of benzene rings is 2. The predicted octanol–water partition coefficient (Wildman–Crippen LogP) is 2.74. The van der Waals surface area contributed by atoms with Gasteiger partial charge in [0, 0.05) is 13.1 Å². The van der Waals surface area contributed by atoms with E-state index >= 15 is 0 Å². The van der Waals surface area contributed by atoms with Crippen LogP contribution in [0.4, 0.5) is 5.69 Å². The van der Waals surface area contributed by atoms with Crippen LogP contribution in [0.3, 0.4) is 0 Å². The Morgan fingerprint density at radius 1 is 0.862 bits per heavy atom. The van der Waals surface area contributed by atoms with Crippen LogP contribution in [0, 0.1) is 27.7 Å². The highest BCUT2D eigenvalue weighted by molar-refractivity contribution is 7.92. The number of hydrogen-bond acceptors (Lipinski definition) is 5. The second-order valence-corrected chi connectivity index (χ2v) is 10.9. The second kappa shape index (κ2) is 8.06. The molecule has 1 fully saturated rings. The van der Waals surface area contributed by atoms with E-state index in [4.69, 9.17) is 4.74 Å². The Hall–Kier alpha value is -1.94. The molecule has 0 spiro atoms. The summed E-state index contributed by atoms with van der Waals surface area (Å²) in [5, 5.41) is 0.